The molecule has 374 valence electrons. The molecule has 3 fully saturated rings. The van der Waals surface area contributed by atoms with E-state index in [2.05, 4.69) is 70.7 Å². The average molecular weight is 1050 g/mol. The van der Waals surface area contributed by atoms with Crippen LogP contribution in [0.2, 0.25) is 0 Å². The number of methoxy groups -OCH3 is 1. The molecule has 0 bridgehead atoms. The van der Waals surface area contributed by atoms with Gasteiger partial charge in [-0.3, -0.25) is 34.2 Å². The number of hydrogen-bond donors (Lipinski definition) is 3. The second-order valence-corrected chi connectivity index (χ2v) is 23.0. The molecule has 0 radical (unpaired) electrons. The number of piperidine rings is 1. The Labute approximate surface area is 421 Å². The molecule has 3 aromatic heterocycles. The number of amides is 3. The Morgan fingerprint density at radius 3 is 2.39 bits per heavy atom. The fourth-order valence-electron chi connectivity index (χ4n) is 10.5. The van der Waals surface area contributed by atoms with Gasteiger partial charge < -0.3 is 39.1 Å². The van der Waals surface area contributed by atoms with Crippen LogP contribution in [0.5, 0.6) is 5.75 Å². The van der Waals surface area contributed by atoms with E-state index in [-0.39, 0.29) is 11.8 Å². The summed E-state index contributed by atoms with van der Waals surface area (Å²) >= 11 is 3.62. The minimum atomic E-state index is -2.75. The van der Waals surface area contributed by atoms with E-state index < -0.39 is 24.8 Å². The number of oxazole rings is 1. The number of nitrogens with zero attached hydrogens (tertiary/aromatic N) is 8. The molecule has 3 aliphatic heterocycles. The number of fused-ring (bicyclic) bond motifs is 2. The lowest BCUT2D eigenvalue weighted by Crippen LogP contribution is -2.59. The zero-order valence-electron chi connectivity index (χ0n) is 41.0. The lowest BCUT2D eigenvalue weighted by molar-refractivity contribution is -0.138. The number of rotatable bonds is 16. The highest BCUT2D eigenvalue weighted by Crippen LogP contribution is 2.43. The minimum absolute atomic E-state index is 0.145. The van der Waals surface area contributed by atoms with E-state index >= 15 is 0 Å². The van der Waals surface area contributed by atoms with E-state index in [4.69, 9.17) is 14.1 Å². The number of imide groups is 1. The number of benzene rings is 3. The molecule has 1 unspecified atom stereocenters. The van der Waals surface area contributed by atoms with Crippen LogP contribution in [0.3, 0.4) is 0 Å². The van der Waals surface area contributed by atoms with Crippen LogP contribution in [0.15, 0.2) is 74.5 Å². The van der Waals surface area contributed by atoms with Gasteiger partial charge in [0.2, 0.25) is 24.2 Å². The van der Waals surface area contributed by atoms with Crippen molar-refractivity contribution in [2.45, 2.75) is 65.0 Å². The van der Waals surface area contributed by atoms with Gasteiger partial charge >= 0.3 is 5.76 Å². The van der Waals surface area contributed by atoms with Gasteiger partial charge in [0.1, 0.15) is 24.8 Å². The Morgan fingerprint density at radius 1 is 0.944 bits per heavy atom. The highest BCUT2D eigenvalue weighted by atomic mass is 79.9. The molecular weight excluding hydrogens is 990 g/mol. The molecule has 3 aromatic carbocycles. The summed E-state index contributed by atoms with van der Waals surface area (Å²) in [6, 6.07) is 16.9. The fraction of sp³-hybridized carbons (Fsp3) is 0.431. The third kappa shape index (κ3) is 10.1. The average Bonchev–Trinajstić information content (AvgIpc) is 3.69. The first kappa shape index (κ1) is 49.7. The van der Waals surface area contributed by atoms with Gasteiger partial charge in [0.15, 0.2) is 5.58 Å². The Kier molecular flexibility index (Phi) is 14.6. The molecule has 18 nitrogen and oxygen atoms in total. The van der Waals surface area contributed by atoms with Crippen molar-refractivity contribution in [3.8, 4) is 5.75 Å². The summed E-state index contributed by atoms with van der Waals surface area (Å²) in [5.74, 6) is 0.318. The van der Waals surface area contributed by atoms with Gasteiger partial charge in [-0.25, -0.2) is 9.78 Å². The van der Waals surface area contributed by atoms with Crippen molar-refractivity contribution < 1.29 is 28.1 Å². The third-order valence-electron chi connectivity index (χ3n) is 14.1. The van der Waals surface area contributed by atoms with Gasteiger partial charge in [-0.05, 0) is 104 Å². The molecule has 0 saturated carbocycles. The Morgan fingerprint density at radius 2 is 1.70 bits per heavy atom. The number of carbonyl (C=O) groups is 3. The maximum Gasteiger partial charge on any atom is 0.420 e. The Bertz CT molecular complexity index is 3100. The highest BCUT2D eigenvalue weighted by Gasteiger charge is 2.39. The topological polar surface area (TPSA) is 200 Å². The molecule has 3 saturated heterocycles. The summed E-state index contributed by atoms with van der Waals surface area (Å²) in [6.07, 6.45) is 5.82. The van der Waals surface area contributed by atoms with Crippen molar-refractivity contribution >= 4 is 103 Å². The quantitative estimate of drug-likeness (QED) is 0.0650. The normalized spacial score (nSPS) is 16.5. The molecule has 3 aliphatic rings. The molecule has 0 aliphatic carbocycles. The van der Waals surface area contributed by atoms with Gasteiger partial charge in [0, 0.05) is 92.7 Å². The zero-order chi connectivity index (χ0) is 50.1. The van der Waals surface area contributed by atoms with Gasteiger partial charge in [-0.1, -0.05) is 32.4 Å². The van der Waals surface area contributed by atoms with Crippen molar-refractivity contribution in [1.82, 2.24) is 34.6 Å². The number of nitrogens with one attached hydrogen (secondary N) is 3. The first-order chi connectivity index (χ1) is 34.2. The zero-order valence-corrected chi connectivity index (χ0v) is 43.5. The number of aryl methyl sites for hydroxylation is 2. The van der Waals surface area contributed by atoms with E-state index in [1.807, 2.05) is 60.0 Å². The van der Waals surface area contributed by atoms with Gasteiger partial charge in [-0.2, -0.15) is 4.98 Å². The summed E-state index contributed by atoms with van der Waals surface area (Å²) in [7, 11) is -1.08. The van der Waals surface area contributed by atoms with E-state index in [1.165, 1.54) is 10.1 Å². The number of aromatic nitrogens is 4. The SMILES string of the molecule is CCCC(C(=O)NC=O)n1c(=O)oc2c(N3CC(C(=O)N4CCN(C5CCN(c6cc(OC)c(Nc7ncc(Br)c(Nc8ccc9nc(C)ccc9c8P(C)(C)=O)n7)cc6CC)CC5)CC4)C3)cccc21. The second kappa shape index (κ2) is 20.8. The number of ether oxygens (including phenoxy) is 1. The molecule has 71 heavy (non-hydrogen) atoms. The van der Waals surface area contributed by atoms with Crippen LogP contribution in [-0.4, -0.2) is 126 Å². The molecule has 3 amide bonds. The monoisotopic (exact) mass is 1050 g/mol. The largest absolute Gasteiger partial charge is 0.494 e. The van der Waals surface area contributed by atoms with Gasteiger partial charge in [0.05, 0.1) is 45.6 Å². The van der Waals surface area contributed by atoms with Crippen molar-refractivity contribution in [3.63, 3.8) is 0 Å². The number of pyridine rings is 1. The Balaban J connectivity index is 0.798. The molecule has 1 atom stereocenters. The molecule has 9 rings (SSSR count). The predicted molar refractivity (Wildman–Crippen MR) is 282 cm³/mol. The van der Waals surface area contributed by atoms with Crippen LogP contribution < -0.4 is 41.5 Å². The van der Waals surface area contributed by atoms with Crippen molar-refractivity contribution in [2.75, 3.05) is 93.2 Å². The second-order valence-electron chi connectivity index (χ2n) is 19.0. The molecule has 6 heterocycles. The summed E-state index contributed by atoms with van der Waals surface area (Å²) in [5, 5.41) is 10.6. The van der Waals surface area contributed by atoms with Gasteiger partial charge in [0.25, 0.3) is 0 Å². The summed E-state index contributed by atoms with van der Waals surface area (Å²) in [6.45, 7) is 15.3. The number of para-hydroxylation sites is 1. The Hall–Kier alpha value is -6.30. The molecule has 0 spiro atoms. The van der Waals surface area contributed by atoms with E-state index in [1.54, 1.807) is 32.7 Å². The molecule has 20 heteroatoms. The molecule has 3 N–H and O–H groups in total. The standard InChI is InChI=1S/C51H61BrN11O7P/c1-7-10-42(48(65)54-30-64)63-41-12-9-11-40(45(41)70-51(63)67)62-28-33(29-62)49(66)61-23-21-59(22-24-61)34-17-19-60(20-18-34)43-26-44(69-4)39(25-32(43)8-2)57-50-53-27-36(52)47(58-50)56-38-16-15-37-35(14-13-31(3)55-37)46(38)71(5,6)68/h9,11-16,25-27,30,33-34,42H,7-8,10,17-24,28-29H2,1-6H3,(H,54,64,65)(H2,53,56,57,58). The lowest BCUT2D eigenvalue weighted by atomic mass is 9.96. The van der Waals surface area contributed by atoms with Crippen LogP contribution in [0.25, 0.3) is 22.0 Å². The van der Waals surface area contributed by atoms with Crippen molar-refractivity contribution in [2.24, 2.45) is 5.92 Å². The van der Waals surface area contributed by atoms with Crippen LogP contribution in [0.1, 0.15) is 56.8 Å². The molecule has 6 aromatic rings. The highest BCUT2D eigenvalue weighted by molar-refractivity contribution is 9.10. The van der Waals surface area contributed by atoms with Crippen LogP contribution >= 0.6 is 23.1 Å². The van der Waals surface area contributed by atoms with Crippen LogP contribution in [-0.2, 0) is 25.4 Å². The first-order valence-corrected chi connectivity index (χ1v) is 27.7. The van der Waals surface area contributed by atoms with E-state index in [0.717, 1.165) is 73.4 Å². The first-order valence-electron chi connectivity index (χ1n) is 24.3. The van der Waals surface area contributed by atoms with E-state index in [9.17, 15) is 23.7 Å². The molecular formula is C51H61BrN11O7P. The number of hydrogen-bond acceptors (Lipinski definition) is 15. The maximum atomic E-state index is 13.8. The number of piperazine rings is 1. The van der Waals surface area contributed by atoms with Crippen molar-refractivity contribution in [1.29, 1.82) is 0 Å². The fourth-order valence-corrected chi connectivity index (χ4v) is 12.2. The summed E-state index contributed by atoms with van der Waals surface area (Å²) in [4.78, 5) is 73.7. The smallest absolute Gasteiger partial charge is 0.420 e. The van der Waals surface area contributed by atoms with Gasteiger partial charge in [-0.15, -0.1) is 0 Å². The van der Waals surface area contributed by atoms with E-state index in [0.29, 0.717) is 101 Å². The third-order valence-corrected chi connectivity index (χ3v) is 16.2. The van der Waals surface area contributed by atoms with Crippen LogP contribution in [0.4, 0.5) is 34.5 Å². The van der Waals surface area contributed by atoms with Crippen LogP contribution in [0, 0.1) is 12.8 Å². The number of anilines is 6. The summed E-state index contributed by atoms with van der Waals surface area (Å²) < 4.78 is 27.3. The maximum absolute atomic E-state index is 13.8. The minimum Gasteiger partial charge on any atom is -0.494 e. The number of halogens is 1. The predicted octanol–water partition coefficient (Wildman–Crippen LogP) is 7.17. The van der Waals surface area contributed by atoms with Crippen molar-refractivity contribution in [3.05, 3.63) is 87.1 Å². The number of carbonyl (C=O) groups excluding carboxylic acids is 3. The lowest BCUT2D eigenvalue weighted by Gasteiger charge is -2.46. The summed E-state index contributed by atoms with van der Waals surface area (Å²) in [5.41, 5.74) is 6.99.